The molecular weight excluding hydrogens is 594 g/mol. The van der Waals surface area contributed by atoms with Crippen molar-refractivity contribution in [1.82, 2.24) is 30.8 Å². The van der Waals surface area contributed by atoms with Gasteiger partial charge in [0.25, 0.3) is 0 Å². The Morgan fingerprint density at radius 2 is 1.75 bits per heavy atom. The van der Waals surface area contributed by atoms with Crippen molar-refractivity contribution in [2.75, 3.05) is 6.54 Å². The minimum Gasteiger partial charge on any atom is -0.505 e. The van der Waals surface area contributed by atoms with E-state index in [0.717, 1.165) is 17.3 Å². The van der Waals surface area contributed by atoms with Crippen LogP contribution < -0.4 is 21.7 Å². The Morgan fingerprint density at radius 1 is 1.11 bits per heavy atom. The van der Waals surface area contributed by atoms with Gasteiger partial charge in [-0.15, -0.1) is 0 Å². The molecule has 2 fully saturated rings. The number of hydrogen-bond acceptors (Lipinski definition) is 14. The van der Waals surface area contributed by atoms with Gasteiger partial charge in [-0.2, -0.15) is 0 Å². The Hall–Kier alpha value is -4.50. The number of aromatic hydroxyl groups is 1. The zero-order valence-electron chi connectivity index (χ0n) is 23.1. The van der Waals surface area contributed by atoms with Crippen LogP contribution in [0.5, 0.6) is 5.75 Å². The minimum atomic E-state index is -1.99. The lowest BCUT2D eigenvalue weighted by Crippen LogP contribution is -2.61. The largest absolute Gasteiger partial charge is 0.505 e. The molecule has 44 heavy (non-hydrogen) atoms. The van der Waals surface area contributed by atoms with Gasteiger partial charge in [-0.1, -0.05) is 6.92 Å². The lowest BCUT2D eigenvalue weighted by Gasteiger charge is -2.33. The Morgan fingerprint density at radius 3 is 2.32 bits per heavy atom. The molecule has 1 aromatic rings. The summed E-state index contributed by atoms with van der Waals surface area (Å²) in [5.41, 5.74) is 6.03. The molecule has 1 aromatic heterocycles. The molecule has 20 heteroatoms. The smallest absolute Gasteiger partial charge is 0.326 e. The predicted molar refractivity (Wildman–Crippen MR) is 140 cm³/mol. The first-order valence-corrected chi connectivity index (χ1v) is 13.2. The molecule has 0 aromatic carbocycles. The first-order chi connectivity index (χ1) is 20.6. The molecule has 2 aliphatic heterocycles. The van der Waals surface area contributed by atoms with Crippen LogP contribution in [0.25, 0.3) is 0 Å². The number of aromatic nitrogens is 2. The zero-order valence-corrected chi connectivity index (χ0v) is 23.1. The second kappa shape index (κ2) is 14.3. The maximum absolute atomic E-state index is 13.4. The fourth-order valence-corrected chi connectivity index (χ4v) is 4.53. The number of carboxylic acid groups (broad SMARTS) is 2. The van der Waals surface area contributed by atoms with E-state index in [9.17, 15) is 54.3 Å². The van der Waals surface area contributed by atoms with Crippen LogP contribution in [0.1, 0.15) is 38.1 Å². The van der Waals surface area contributed by atoms with E-state index in [4.69, 9.17) is 15.6 Å². The summed E-state index contributed by atoms with van der Waals surface area (Å²) in [5, 5.41) is 66.2. The lowest BCUT2D eigenvalue weighted by atomic mass is 9.94. The molecule has 0 saturated carbocycles. The number of carbonyl (C=O) groups excluding carboxylic acids is 4. The normalized spacial score (nSPS) is 25.2. The van der Waals surface area contributed by atoms with Gasteiger partial charge in [0, 0.05) is 25.3 Å². The summed E-state index contributed by atoms with van der Waals surface area (Å²) in [5.74, 6) is -7.61. The average Bonchev–Trinajstić information content (AvgIpc) is 3.25. The molecule has 5 amide bonds. The number of nitrogens with zero attached hydrogens (tertiary/aromatic N) is 3. The monoisotopic (exact) mass is 627 g/mol. The molecule has 2 aliphatic rings. The number of aliphatic hydroxyl groups is 3. The summed E-state index contributed by atoms with van der Waals surface area (Å²) in [4.78, 5) is 81.5. The van der Waals surface area contributed by atoms with Crippen LogP contribution in [0.3, 0.4) is 0 Å². The van der Waals surface area contributed by atoms with Crippen molar-refractivity contribution in [2.24, 2.45) is 11.7 Å². The Balaban J connectivity index is 1.86. The maximum atomic E-state index is 13.4. The van der Waals surface area contributed by atoms with E-state index in [1.54, 1.807) is 0 Å². The predicted octanol–water partition coefficient (Wildman–Crippen LogP) is -4.51. The molecule has 3 heterocycles. The summed E-state index contributed by atoms with van der Waals surface area (Å²) < 4.78 is 5.63. The summed E-state index contributed by atoms with van der Waals surface area (Å²) >= 11 is 0. The number of rotatable bonds is 13. The van der Waals surface area contributed by atoms with E-state index >= 15 is 0 Å². The number of carboxylic acids is 2. The quantitative estimate of drug-likeness (QED) is 0.0984. The Bertz CT molecular complexity index is 1270. The van der Waals surface area contributed by atoms with E-state index in [0.29, 0.717) is 0 Å². The van der Waals surface area contributed by atoms with Crippen LogP contribution in [0, 0.1) is 5.92 Å². The standard InChI is InChI=1S/C24H33N7O13/c1-8(15(36)19-26-6-9(32)7-27-19)13(25)20(39)30-14(21(40)28-10(23(41)42)2-3-12(34)35)18-16(37)17(38)22(44-18)31-5-4-11(33)29-24(31)43/h6-8,10,13-18,22,32,36-38H,2-5,25H2,1H3,(H,28,40)(H,30,39)(H,34,35)(H,41,42)(H,29,33,43)/t8?,10-,13-,14-,15?,16-,17+,18+,22+/m0/s1. The second-order valence-electron chi connectivity index (χ2n) is 10.2. The lowest BCUT2D eigenvalue weighted by molar-refractivity contribution is -0.146. The number of aliphatic hydroxyl groups excluding tert-OH is 3. The first kappa shape index (κ1) is 34.0. The van der Waals surface area contributed by atoms with E-state index in [2.05, 4.69) is 20.6 Å². The molecule has 20 nitrogen and oxygen atoms in total. The number of carbonyl (C=O) groups is 6. The highest BCUT2D eigenvalue weighted by molar-refractivity contribution is 5.97. The number of nitrogens with one attached hydrogen (secondary N) is 3. The van der Waals surface area contributed by atoms with E-state index in [1.807, 2.05) is 5.32 Å². The summed E-state index contributed by atoms with van der Waals surface area (Å²) in [7, 11) is 0. The summed E-state index contributed by atoms with van der Waals surface area (Å²) in [6.45, 7) is 1.11. The highest BCUT2D eigenvalue weighted by Crippen LogP contribution is 2.28. The maximum Gasteiger partial charge on any atom is 0.326 e. The van der Waals surface area contributed by atoms with Crippen molar-refractivity contribution in [3.05, 3.63) is 18.2 Å². The van der Waals surface area contributed by atoms with Gasteiger partial charge in [0.05, 0.1) is 18.4 Å². The Labute approximate surface area is 248 Å². The first-order valence-electron chi connectivity index (χ1n) is 13.2. The van der Waals surface area contributed by atoms with Crippen LogP contribution >= 0.6 is 0 Å². The molecule has 0 bridgehead atoms. The molecular formula is C24H33N7O13. The van der Waals surface area contributed by atoms with E-state index in [1.165, 1.54) is 6.92 Å². The zero-order chi connectivity index (χ0) is 32.9. The van der Waals surface area contributed by atoms with Crippen LogP contribution in [-0.4, -0.2) is 130 Å². The topological polar surface area (TPSA) is 324 Å². The highest BCUT2D eigenvalue weighted by Gasteiger charge is 2.53. The molecule has 3 rings (SSSR count). The van der Waals surface area contributed by atoms with Crippen molar-refractivity contribution >= 4 is 35.7 Å². The number of amides is 5. The van der Waals surface area contributed by atoms with Gasteiger partial charge >= 0.3 is 18.0 Å². The molecule has 0 spiro atoms. The van der Waals surface area contributed by atoms with Gasteiger partial charge in [0.1, 0.15) is 36.5 Å². The van der Waals surface area contributed by atoms with Crippen LogP contribution in [0.2, 0.25) is 0 Å². The number of ether oxygens (including phenoxy) is 1. The third kappa shape index (κ3) is 7.90. The van der Waals surface area contributed by atoms with Crippen LogP contribution in [-0.2, 0) is 28.7 Å². The number of imide groups is 1. The number of urea groups is 1. The fraction of sp³-hybridized carbons (Fsp3) is 0.583. The third-order valence-electron chi connectivity index (χ3n) is 7.13. The summed E-state index contributed by atoms with van der Waals surface area (Å²) in [6, 6.07) is -6.32. The van der Waals surface area contributed by atoms with Crippen molar-refractivity contribution in [2.45, 2.75) is 75.0 Å². The number of hydrogen-bond donors (Lipinski definition) is 10. The molecule has 11 N–H and O–H groups in total. The van der Waals surface area contributed by atoms with Gasteiger partial charge in [0.2, 0.25) is 17.7 Å². The highest BCUT2D eigenvalue weighted by atomic mass is 16.6. The van der Waals surface area contributed by atoms with Gasteiger partial charge in [-0.05, 0) is 6.42 Å². The van der Waals surface area contributed by atoms with Crippen molar-refractivity contribution in [1.29, 1.82) is 0 Å². The van der Waals surface area contributed by atoms with Gasteiger partial charge in [-0.25, -0.2) is 19.6 Å². The van der Waals surface area contributed by atoms with Crippen molar-refractivity contribution in [3.63, 3.8) is 0 Å². The van der Waals surface area contributed by atoms with Gasteiger partial charge in [0.15, 0.2) is 17.8 Å². The average molecular weight is 628 g/mol. The van der Waals surface area contributed by atoms with Crippen molar-refractivity contribution < 1.29 is 64.1 Å². The second-order valence-corrected chi connectivity index (χ2v) is 10.2. The minimum absolute atomic E-state index is 0.177. The summed E-state index contributed by atoms with van der Waals surface area (Å²) in [6.07, 6.45) is -8.22. The van der Waals surface area contributed by atoms with E-state index in [-0.39, 0.29) is 24.5 Å². The van der Waals surface area contributed by atoms with Crippen LogP contribution in [0.15, 0.2) is 12.4 Å². The van der Waals surface area contributed by atoms with E-state index < -0.39 is 103 Å². The fourth-order valence-electron chi connectivity index (χ4n) is 4.53. The number of aliphatic carboxylic acids is 2. The van der Waals surface area contributed by atoms with Crippen LogP contribution in [0.4, 0.5) is 4.79 Å². The molecule has 2 saturated heterocycles. The molecule has 2 unspecified atom stereocenters. The number of nitrogens with two attached hydrogens (primary N) is 1. The SMILES string of the molecule is CC(C(O)c1ncc(O)cn1)[C@H](N)C(=O)N[C@H](C(=O)N[C@@H](CCC(=O)O)C(=O)O)[C@H]1O[C@@H](N2CCC(=O)NC2=O)[C@H](O)[C@@H]1O. The molecule has 0 radical (unpaired) electrons. The van der Waals surface area contributed by atoms with Crippen molar-refractivity contribution in [3.8, 4) is 5.75 Å². The molecule has 0 aliphatic carbocycles. The molecule has 9 atom stereocenters. The third-order valence-corrected chi connectivity index (χ3v) is 7.13. The Kier molecular flexibility index (Phi) is 11.1. The van der Waals surface area contributed by atoms with Gasteiger partial charge in [-0.3, -0.25) is 29.4 Å². The molecule has 242 valence electrons. The van der Waals surface area contributed by atoms with Gasteiger partial charge < -0.3 is 51.7 Å².